The first-order valence-corrected chi connectivity index (χ1v) is 5.97. The standard InChI is InChI=1S/C12H10ClN5O2/c13-10-4-3-9(2-1-5-19)6-11(10)15-12(20)7-18-8-14-16-17-18/h3-4,6,8,19H,5,7H2,(H,15,20). The van der Waals surface area contributed by atoms with Gasteiger partial charge in [0.05, 0.1) is 10.7 Å². The minimum atomic E-state index is -0.313. The lowest BCUT2D eigenvalue weighted by atomic mass is 10.2. The van der Waals surface area contributed by atoms with Gasteiger partial charge in [-0.2, -0.15) is 0 Å². The molecule has 0 unspecified atom stereocenters. The first kappa shape index (κ1) is 14.0. The van der Waals surface area contributed by atoms with E-state index in [9.17, 15) is 4.79 Å². The van der Waals surface area contributed by atoms with Gasteiger partial charge in [0.15, 0.2) is 0 Å². The van der Waals surface area contributed by atoms with Gasteiger partial charge in [-0.05, 0) is 28.6 Å². The lowest BCUT2D eigenvalue weighted by Gasteiger charge is -2.07. The Morgan fingerprint density at radius 1 is 1.50 bits per heavy atom. The van der Waals surface area contributed by atoms with E-state index in [1.807, 2.05) is 0 Å². The molecule has 0 fully saturated rings. The molecule has 1 aromatic heterocycles. The molecule has 0 saturated carbocycles. The van der Waals surface area contributed by atoms with Crippen molar-refractivity contribution in [3.63, 3.8) is 0 Å². The molecule has 1 aromatic carbocycles. The van der Waals surface area contributed by atoms with Crippen LogP contribution in [0.4, 0.5) is 5.69 Å². The topological polar surface area (TPSA) is 92.9 Å². The van der Waals surface area contributed by atoms with Crippen LogP contribution in [-0.2, 0) is 11.3 Å². The van der Waals surface area contributed by atoms with Gasteiger partial charge in [-0.25, -0.2) is 4.68 Å². The van der Waals surface area contributed by atoms with E-state index in [1.165, 1.54) is 11.0 Å². The number of benzene rings is 1. The second-order valence-corrected chi connectivity index (χ2v) is 4.12. The van der Waals surface area contributed by atoms with Crippen LogP contribution in [0.2, 0.25) is 5.02 Å². The molecule has 0 atom stereocenters. The lowest BCUT2D eigenvalue weighted by molar-refractivity contribution is -0.116. The number of halogens is 1. The number of aliphatic hydroxyl groups is 1. The van der Waals surface area contributed by atoms with E-state index < -0.39 is 0 Å². The molecule has 2 N–H and O–H groups in total. The third kappa shape index (κ3) is 3.78. The van der Waals surface area contributed by atoms with Crippen LogP contribution in [-0.4, -0.2) is 37.8 Å². The molecule has 20 heavy (non-hydrogen) atoms. The molecule has 102 valence electrons. The van der Waals surface area contributed by atoms with Crippen LogP contribution in [0.25, 0.3) is 0 Å². The molecule has 0 aliphatic carbocycles. The summed E-state index contributed by atoms with van der Waals surface area (Å²) in [6.07, 6.45) is 1.34. The molecule has 8 heteroatoms. The molecule has 0 aliphatic rings. The second-order valence-electron chi connectivity index (χ2n) is 3.71. The molecule has 2 aromatic rings. The molecular weight excluding hydrogens is 282 g/mol. The van der Waals surface area contributed by atoms with Crippen LogP contribution in [0.1, 0.15) is 5.56 Å². The van der Waals surface area contributed by atoms with Crippen molar-refractivity contribution in [3.8, 4) is 11.8 Å². The molecule has 1 amide bonds. The summed E-state index contributed by atoms with van der Waals surface area (Å²) in [6, 6.07) is 4.94. The van der Waals surface area contributed by atoms with Crippen molar-refractivity contribution in [1.82, 2.24) is 20.2 Å². The van der Waals surface area contributed by atoms with E-state index in [0.29, 0.717) is 16.3 Å². The Kier molecular flexibility index (Phi) is 4.65. The van der Waals surface area contributed by atoms with Gasteiger partial charge < -0.3 is 10.4 Å². The highest BCUT2D eigenvalue weighted by atomic mass is 35.5. The van der Waals surface area contributed by atoms with E-state index in [4.69, 9.17) is 16.7 Å². The van der Waals surface area contributed by atoms with Crippen LogP contribution < -0.4 is 5.32 Å². The predicted molar refractivity (Wildman–Crippen MR) is 71.9 cm³/mol. The minimum absolute atomic E-state index is 0.0180. The smallest absolute Gasteiger partial charge is 0.246 e. The fourth-order valence-corrected chi connectivity index (χ4v) is 1.59. The summed E-state index contributed by atoms with van der Waals surface area (Å²) in [5.74, 6) is 4.94. The third-order valence-electron chi connectivity index (χ3n) is 2.25. The lowest BCUT2D eigenvalue weighted by Crippen LogP contribution is -2.19. The van der Waals surface area contributed by atoms with Gasteiger partial charge in [-0.1, -0.05) is 23.4 Å². The van der Waals surface area contributed by atoms with Crippen LogP contribution in [0.5, 0.6) is 0 Å². The van der Waals surface area contributed by atoms with Crippen LogP contribution in [0.15, 0.2) is 24.5 Å². The molecular formula is C12H10ClN5O2. The van der Waals surface area contributed by atoms with Gasteiger partial charge >= 0.3 is 0 Å². The maximum atomic E-state index is 11.8. The molecule has 1 heterocycles. The summed E-state index contributed by atoms with van der Waals surface area (Å²) < 4.78 is 1.29. The Morgan fingerprint density at radius 3 is 3.05 bits per heavy atom. The van der Waals surface area contributed by atoms with Crippen LogP contribution in [0, 0.1) is 11.8 Å². The van der Waals surface area contributed by atoms with Crippen molar-refractivity contribution < 1.29 is 9.90 Å². The molecule has 0 bridgehead atoms. The summed E-state index contributed by atoms with van der Waals surface area (Å²) in [7, 11) is 0. The summed E-state index contributed by atoms with van der Waals surface area (Å²) in [4.78, 5) is 11.8. The zero-order valence-electron chi connectivity index (χ0n) is 10.2. The number of rotatable bonds is 3. The highest BCUT2D eigenvalue weighted by Gasteiger charge is 2.08. The van der Waals surface area contributed by atoms with Crippen molar-refractivity contribution in [3.05, 3.63) is 35.1 Å². The van der Waals surface area contributed by atoms with Crippen molar-refractivity contribution in [2.75, 3.05) is 11.9 Å². The fraction of sp³-hybridized carbons (Fsp3) is 0.167. The minimum Gasteiger partial charge on any atom is -0.384 e. The Bertz CT molecular complexity index is 660. The van der Waals surface area contributed by atoms with E-state index in [1.54, 1.807) is 18.2 Å². The van der Waals surface area contributed by atoms with Crippen molar-refractivity contribution >= 4 is 23.2 Å². The Labute approximate surface area is 119 Å². The monoisotopic (exact) mass is 291 g/mol. The van der Waals surface area contributed by atoms with Gasteiger partial charge in [-0.3, -0.25) is 4.79 Å². The maximum Gasteiger partial charge on any atom is 0.246 e. The molecule has 0 spiro atoms. The predicted octanol–water partition coefficient (Wildman–Crippen LogP) is 0.309. The second kappa shape index (κ2) is 6.65. The number of nitrogens with one attached hydrogen (secondary N) is 1. The number of hydrogen-bond donors (Lipinski definition) is 2. The maximum absolute atomic E-state index is 11.8. The molecule has 2 rings (SSSR count). The number of aliphatic hydroxyl groups excluding tert-OH is 1. The van der Waals surface area contributed by atoms with Gasteiger partial charge in [0.25, 0.3) is 0 Å². The van der Waals surface area contributed by atoms with Gasteiger partial charge in [0.2, 0.25) is 5.91 Å². The van der Waals surface area contributed by atoms with E-state index in [0.717, 1.165) is 0 Å². The Morgan fingerprint density at radius 2 is 2.35 bits per heavy atom. The Balaban J connectivity index is 2.09. The summed E-state index contributed by atoms with van der Waals surface area (Å²) in [5.41, 5.74) is 1.08. The normalized spacial score (nSPS) is 9.70. The zero-order chi connectivity index (χ0) is 14.4. The number of carbonyl (C=O) groups excluding carboxylic acids is 1. The molecule has 7 nitrogen and oxygen atoms in total. The number of aromatic nitrogens is 4. The first-order valence-electron chi connectivity index (χ1n) is 5.59. The third-order valence-corrected chi connectivity index (χ3v) is 2.58. The molecule has 0 aliphatic heterocycles. The van der Waals surface area contributed by atoms with Crippen molar-refractivity contribution in [1.29, 1.82) is 0 Å². The number of carbonyl (C=O) groups is 1. The summed E-state index contributed by atoms with van der Waals surface area (Å²) >= 11 is 6.00. The first-order chi connectivity index (χ1) is 9.69. The summed E-state index contributed by atoms with van der Waals surface area (Å²) in [5, 5.41) is 22.1. The average molecular weight is 292 g/mol. The average Bonchev–Trinajstić information content (AvgIpc) is 2.92. The van der Waals surface area contributed by atoms with Gasteiger partial charge in [0.1, 0.15) is 19.5 Å². The van der Waals surface area contributed by atoms with Crippen LogP contribution >= 0.6 is 11.6 Å². The Hall–Kier alpha value is -2.43. The zero-order valence-corrected chi connectivity index (χ0v) is 11.0. The number of nitrogens with zero attached hydrogens (tertiary/aromatic N) is 4. The SMILES string of the molecule is O=C(Cn1cnnn1)Nc1cc(C#CCO)ccc1Cl. The van der Waals surface area contributed by atoms with E-state index in [-0.39, 0.29) is 19.1 Å². The molecule has 0 saturated heterocycles. The highest BCUT2D eigenvalue weighted by Crippen LogP contribution is 2.22. The number of amides is 1. The highest BCUT2D eigenvalue weighted by molar-refractivity contribution is 6.33. The van der Waals surface area contributed by atoms with Gasteiger partial charge in [-0.15, -0.1) is 5.10 Å². The van der Waals surface area contributed by atoms with Crippen molar-refractivity contribution in [2.45, 2.75) is 6.54 Å². The largest absolute Gasteiger partial charge is 0.384 e. The summed E-state index contributed by atoms with van der Waals surface area (Å²) in [6.45, 7) is -0.251. The molecule has 0 radical (unpaired) electrons. The van der Waals surface area contributed by atoms with E-state index in [2.05, 4.69) is 32.7 Å². The number of hydrogen-bond acceptors (Lipinski definition) is 5. The fourth-order valence-electron chi connectivity index (χ4n) is 1.43. The van der Waals surface area contributed by atoms with Crippen LogP contribution in [0.3, 0.4) is 0 Å². The van der Waals surface area contributed by atoms with E-state index >= 15 is 0 Å². The van der Waals surface area contributed by atoms with Gasteiger partial charge in [0, 0.05) is 5.56 Å². The van der Waals surface area contributed by atoms with Crippen molar-refractivity contribution in [2.24, 2.45) is 0 Å². The number of anilines is 1. The number of tetrazole rings is 1. The quantitative estimate of drug-likeness (QED) is 0.794.